The second kappa shape index (κ2) is 5.65. The Morgan fingerprint density at radius 2 is 1.88 bits per heavy atom. The van der Waals surface area contributed by atoms with E-state index in [0.29, 0.717) is 0 Å². The molecule has 0 saturated carbocycles. The van der Waals surface area contributed by atoms with Gasteiger partial charge in [-0.15, -0.1) is 0 Å². The summed E-state index contributed by atoms with van der Waals surface area (Å²) in [5.41, 5.74) is 3.80. The van der Waals surface area contributed by atoms with Crippen molar-refractivity contribution in [3.63, 3.8) is 0 Å². The fraction of sp³-hybridized carbons (Fsp3) is 0.231. The van der Waals surface area contributed by atoms with Gasteiger partial charge in [0.15, 0.2) is 0 Å². The van der Waals surface area contributed by atoms with Crippen molar-refractivity contribution >= 4 is 43.2 Å². The molecule has 1 atom stereocenters. The van der Waals surface area contributed by atoms with Crippen molar-refractivity contribution in [2.24, 2.45) is 0 Å². The van der Waals surface area contributed by atoms with Crippen molar-refractivity contribution in [2.45, 2.75) is 13.0 Å². The molecule has 1 unspecified atom stereocenters. The zero-order valence-electron chi connectivity index (χ0n) is 9.63. The molecule has 0 radical (unpaired) electrons. The summed E-state index contributed by atoms with van der Waals surface area (Å²) in [4.78, 5) is 0. The van der Waals surface area contributed by atoms with Crippen LogP contribution in [0.4, 0.5) is 0 Å². The summed E-state index contributed by atoms with van der Waals surface area (Å²) < 4.78 is 2.31. The van der Waals surface area contributed by atoms with Crippen LogP contribution in [0.3, 0.4) is 0 Å². The summed E-state index contributed by atoms with van der Waals surface area (Å²) in [6.07, 6.45) is 0. The highest BCUT2D eigenvalue weighted by molar-refractivity contribution is 9.10. The minimum absolute atomic E-state index is 0.214. The molecule has 1 N–H and O–H groups in total. The van der Waals surface area contributed by atoms with Crippen molar-refractivity contribution in [3.05, 3.63) is 54.6 Å². The molecule has 0 aliphatic carbocycles. The van der Waals surface area contributed by atoms with E-state index < -0.39 is 0 Å². The zero-order chi connectivity index (χ0) is 12.4. The lowest BCUT2D eigenvalue weighted by Crippen LogP contribution is -2.17. The largest absolute Gasteiger partial charge is 0.309 e. The standard InChI is InChI=1S/C13H13Br2NS/c1-8-3-4-9(11(14)5-8)13(16-2)10-6-17-7-12(10)15/h3-7,13,16H,1-2H3. The van der Waals surface area contributed by atoms with Gasteiger partial charge >= 0.3 is 0 Å². The van der Waals surface area contributed by atoms with Gasteiger partial charge in [-0.1, -0.05) is 28.1 Å². The summed E-state index contributed by atoms with van der Waals surface area (Å²) >= 11 is 8.96. The predicted octanol–water partition coefficient (Wildman–Crippen LogP) is 4.89. The number of thiophene rings is 1. The van der Waals surface area contributed by atoms with E-state index in [1.54, 1.807) is 11.3 Å². The summed E-state index contributed by atoms with van der Waals surface area (Å²) in [5.74, 6) is 0. The molecule has 0 bridgehead atoms. The first-order valence-corrected chi connectivity index (χ1v) is 7.81. The van der Waals surface area contributed by atoms with Crippen LogP contribution in [-0.2, 0) is 0 Å². The molecule has 0 saturated heterocycles. The minimum atomic E-state index is 0.214. The van der Waals surface area contributed by atoms with E-state index in [4.69, 9.17) is 0 Å². The Morgan fingerprint density at radius 3 is 2.41 bits per heavy atom. The molecule has 2 aromatic rings. The van der Waals surface area contributed by atoms with Gasteiger partial charge in [0.1, 0.15) is 0 Å². The van der Waals surface area contributed by atoms with Gasteiger partial charge in [-0.05, 0) is 58.0 Å². The van der Waals surface area contributed by atoms with Crippen LogP contribution in [0.1, 0.15) is 22.7 Å². The van der Waals surface area contributed by atoms with Gasteiger partial charge in [-0.3, -0.25) is 0 Å². The lowest BCUT2D eigenvalue weighted by Gasteiger charge is -2.18. The van der Waals surface area contributed by atoms with E-state index in [-0.39, 0.29) is 6.04 Å². The molecule has 4 heteroatoms. The number of benzene rings is 1. The molecular formula is C13H13Br2NS. The van der Waals surface area contributed by atoms with Crippen molar-refractivity contribution in [2.75, 3.05) is 7.05 Å². The maximum absolute atomic E-state index is 3.65. The second-order valence-electron chi connectivity index (χ2n) is 3.92. The molecule has 1 aromatic carbocycles. The molecule has 2 rings (SSSR count). The molecule has 0 aliphatic heterocycles. The van der Waals surface area contributed by atoms with Crippen LogP contribution < -0.4 is 5.32 Å². The molecular weight excluding hydrogens is 362 g/mol. The maximum atomic E-state index is 3.65. The lowest BCUT2D eigenvalue weighted by atomic mass is 10.0. The zero-order valence-corrected chi connectivity index (χ0v) is 13.6. The third-order valence-electron chi connectivity index (χ3n) is 2.71. The van der Waals surface area contributed by atoms with Crippen LogP contribution in [0.25, 0.3) is 0 Å². The van der Waals surface area contributed by atoms with Gasteiger partial charge in [0, 0.05) is 14.3 Å². The molecule has 1 aromatic heterocycles. The molecule has 0 aliphatic rings. The molecule has 0 spiro atoms. The van der Waals surface area contributed by atoms with Crippen LogP contribution >= 0.6 is 43.2 Å². The summed E-state index contributed by atoms with van der Waals surface area (Å²) in [6, 6.07) is 6.68. The quantitative estimate of drug-likeness (QED) is 0.806. The molecule has 0 amide bonds. The van der Waals surface area contributed by atoms with E-state index in [1.165, 1.54) is 16.7 Å². The summed E-state index contributed by atoms with van der Waals surface area (Å²) in [7, 11) is 1.99. The van der Waals surface area contributed by atoms with Gasteiger partial charge in [0.25, 0.3) is 0 Å². The SMILES string of the molecule is CNC(c1ccc(C)cc1Br)c1cscc1Br. The van der Waals surface area contributed by atoms with Crippen molar-refractivity contribution in [3.8, 4) is 0 Å². The first kappa shape index (κ1) is 13.3. The average Bonchev–Trinajstić information content (AvgIpc) is 2.69. The Morgan fingerprint density at radius 1 is 1.12 bits per heavy atom. The van der Waals surface area contributed by atoms with E-state index in [1.807, 2.05) is 7.05 Å². The number of nitrogens with one attached hydrogen (secondary N) is 1. The van der Waals surface area contributed by atoms with Crippen LogP contribution in [0.2, 0.25) is 0 Å². The number of hydrogen-bond acceptors (Lipinski definition) is 2. The lowest BCUT2D eigenvalue weighted by molar-refractivity contribution is 0.688. The molecule has 0 fully saturated rings. The Kier molecular flexibility index (Phi) is 4.42. The molecule has 90 valence electrons. The first-order chi connectivity index (χ1) is 8.13. The summed E-state index contributed by atoms with van der Waals surface area (Å²) in [6.45, 7) is 2.10. The smallest absolute Gasteiger partial charge is 0.0604 e. The number of hydrogen-bond donors (Lipinski definition) is 1. The molecule has 1 nitrogen and oxygen atoms in total. The van der Waals surface area contributed by atoms with Gasteiger partial charge in [-0.2, -0.15) is 11.3 Å². The minimum Gasteiger partial charge on any atom is -0.309 e. The Labute approximate surface area is 123 Å². The van der Waals surface area contributed by atoms with Gasteiger partial charge in [0.05, 0.1) is 6.04 Å². The van der Waals surface area contributed by atoms with E-state index in [0.717, 1.165) is 8.95 Å². The fourth-order valence-electron chi connectivity index (χ4n) is 1.84. The highest BCUT2D eigenvalue weighted by atomic mass is 79.9. The monoisotopic (exact) mass is 373 g/mol. The first-order valence-electron chi connectivity index (χ1n) is 5.28. The van der Waals surface area contributed by atoms with E-state index in [9.17, 15) is 0 Å². The van der Waals surface area contributed by atoms with Gasteiger partial charge in [-0.25, -0.2) is 0 Å². The Bertz CT molecular complexity index is 522. The second-order valence-corrected chi connectivity index (χ2v) is 6.37. The third kappa shape index (κ3) is 2.81. The van der Waals surface area contributed by atoms with Crippen molar-refractivity contribution < 1.29 is 0 Å². The normalized spacial score (nSPS) is 12.7. The third-order valence-corrected chi connectivity index (χ3v) is 5.15. The number of halogens is 2. The van der Waals surface area contributed by atoms with Crippen LogP contribution in [0, 0.1) is 6.92 Å². The highest BCUT2D eigenvalue weighted by Crippen LogP contribution is 2.34. The number of aryl methyl sites for hydroxylation is 1. The Hall–Kier alpha value is -0.160. The maximum Gasteiger partial charge on any atom is 0.0604 e. The summed E-state index contributed by atoms with van der Waals surface area (Å²) in [5, 5.41) is 7.66. The topological polar surface area (TPSA) is 12.0 Å². The highest BCUT2D eigenvalue weighted by Gasteiger charge is 2.17. The van der Waals surface area contributed by atoms with E-state index >= 15 is 0 Å². The van der Waals surface area contributed by atoms with E-state index in [2.05, 4.69) is 73.1 Å². The molecule has 17 heavy (non-hydrogen) atoms. The molecule has 1 heterocycles. The number of rotatable bonds is 3. The van der Waals surface area contributed by atoms with Crippen LogP contribution in [-0.4, -0.2) is 7.05 Å². The van der Waals surface area contributed by atoms with Crippen molar-refractivity contribution in [1.82, 2.24) is 5.32 Å². The fourth-order valence-corrected chi connectivity index (χ4v) is 4.12. The van der Waals surface area contributed by atoms with Crippen LogP contribution in [0.5, 0.6) is 0 Å². The van der Waals surface area contributed by atoms with Crippen LogP contribution in [0.15, 0.2) is 37.9 Å². The Balaban J connectivity index is 2.46. The van der Waals surface area contributed by atoms with Crippen molar-refractivity contribution in [1.29, 1.82) is 0 Å². The van der Waals surface area contributed by atoms with Gasteiger partial charge < -0.3 is 5.32 Å². The van der Waals surface area contributed by atoms with Gasteiger partial charge in [0.2, 0.25) is 0 Å². The predicted molar refractivity (Wildman–Crippen MR) is 81.8 cm³/mol. The average molecular weight is 375 g/mol.